The molecule has 2 fully saturated rings. The van der Waals surface area contributed by atoms with Crippen molar-refractivity contribution in [3.63, 3.8) is 0 Å². The van der Waals surface area contributed by atoms with Crippen molar-refractivity contribution in [2.75, 3.05) is 26.2 Å². The summed E-state index contributed by atoms with van der Waals surface area (Å²) in [4.78, 5) is 39.4. The van der Waals surface area contributed by atoms with Gasteiger partial charge in [-0.1, -0.05) is 6.07 Å². The molecule has 0 spiro atoms. The number of carbonyl (C=O) groups excluding carboxylic acids is 3. The van der Waals surface area contributed by atoms with Crippen molar-refractivity contribution in [3.8, 4) is 0 Å². The van der Waals surface area contributed by atoms with Gasteiger partial charge in [-0.3, -0.25) is 14.4 Å². The van der Waals surface area contributed by atoms with Gasteiger partial charge in [-0.15, -0.1) is 11.3 Å². The lowest BCUT2D eigenvalue weighted by molar-refractivity contribution is -0.134. The van der Waals surface area contributed by atoms with E-state index >= 15 is 0 Å². The molecule has 1 aromatic rings. The molecule has 0 radical (unpaired) electrons. The van der Waals surface area contributed by atoms with Crippen LogP contribution in [0.4, 0.5) is 0 Å². The molecular weight excluding hydrogens is 364 g/mol. The van der Waals surface area contributed by atoms with Crippen molar-refractivity contribution in [1.29, 1.82) is 0 Å². The Bertz CT molecular complexity index is 658. The number of hydrogen-bond donors (Lipinski definition) is 3. The first kappa shape index (κ1) is 19.8. The Balaban J connectivity index is 1.45. The summed E-state index contributed by atoms with van der Waals surface area (Å²) >= 11 is 1.36. The Kier molecular flexibility index (Phi) is 6.84. The SMILES string of the molecule is CC(NC(=O)c1cccs1)C(=O)N1CCCC(CNC(=O)C2CCCN2)C1. The van der Waals surface area contributed by atoms with Crippen LogP contribution in [0.3, 0.4) is 0 Å². The Morgan fingerprint density at radius 1 is 1.33 bits per heavy atom. The highest BCUT2D eigenvalue weighted by Crippen LogP contribution is 2.17. The fourth-order valence-corrected chi connectivity index (χ4v) is 4.35. The van der Waals surface area contributed by atoms with Crippen LogP contribution in [-0.2, 0) is 9.59 Å². The van der Waals surface area contributed by atoms with Crippen molar-refractivity contribution in [2.24, 2.45) is 5.92 Å². The minimum Gasteiger partial charge on any atom is -0.354 e. The van der Waals surface area contributed by atoms with Crippen molar-refractivity contribution in [1.82, 2.24) is 20.9 Å². The van der Waals surface area contributed by atoms with Gasteiger partial charge < -0.3 is 20.9 Å². The number of nitrogens with zero attached hydrogens (tertiary/aromatic N) is 1. The fourth-order valence-electron chi connectivity index (χ4n) is 3.72. The first-order valence-corrected chi connectivity index (χ1v) is 10.6. The van der Waals surface area contributed by atoms with Crippen LogP contribution < -0.4 is 16.0 Å². The summed E-state index contributed by atoms with van der Waals surface area (Å²) < 4.78 is 0. The van der Waals surface area contributed by atoms with E-state index in [1.54, 1.807) is 13.0 Å². The predicted octanol–water partition coefficient (Wildman–Crippen LogP) is 0.973. The number of hydrogen-bond acceptors (Lipinski definition) is 5. The molecule has 0 aromatic carbocycles. The average molecular weight is 393 g/mol. The molecule has 8 heteroatoms. The van der Waals surface area contributed by atoms with Gasteiger partial charge in [-0.25, -0.2) is 0 Å². The number of rotatable bonds is 6. The van der Waals surface area contributed by atoms with Crippen LogP contribution in [0.5, 0.6) is 0 Å². The van der Waals surface area contributed by atoms with E-state index in [4.69, 9.17) is 0 Å². The van der Waals surface area contributed by atoms with Gasteiger partial charge in [-0.2, -0.15) is 0 Å². The maximum Gasteiger partial charge on any atom is 0.261 e. The maximum atomic E-state index is 12.7. The first-order chi connectivity index (χ1) is 13.0. The standard InChI is InChI=1S/C19H28N4O3S/c1-13(22-18(25)16-7-4-10-27-16)19(26)23-9-3-5-14(12-23)11-21-17(24)15-6-2-8-20-15/h4,7,10,13-15,20H,2-3,5-6,8-9,11-12H2,1H3,(H,21,24)(H,22,25). The van der Waals surface area contributed by atoms with Crippen LogP contribution in [0, 0.1) is 5.92 Å². The number of nitrogens with one attached hydrogen (secondary N) is 3. The zero-order chi connectivity index (χ0) is 19.2. The van der Waals surface area contributed by atoms with Crippen LogP contribution in [0.25, 0.3) is 0 Å². The van der Waals surface area contributed by atoms with Gasteiger partial charge >= 0.3 is 0 Å². The van der Waals surface area contributed by atoms with Gasteiger partial charge in [-0.05, 0) is 56.5 Å². The maximum absolute atomic E-state index is 12.7. The molecule has 2 aliphatic heterocycles. The molecule has 2 aliphatic rings. The topological polar surface area (TPSA) is 90.5 Å². The van der Waals surface area contributed by atoms with E-state index in [2.05, 4.69) is 16.0 Å². The quantitative estimate of drug-likeness (QED) is 0.673. The second kappa shape index (κ2) is 9.32. The second-order valence-corrected chi connectivity index (χ2v) is 8.31. The third-order valence-corrected chi connectivity index (χ3v) is 6.10. The largest absolute Gasteiger partial charge is 0.354 e. The lowest BCUT2D eigenvalue weighted by Gasteiger charge is -2.34. The molecule has 27 heavy (non-hydrogen) atoms. The number of piperidine rings is 1. The van der Waals surface area contributed by atoms with Crippen LogP contribution in [0.1, 0.15) is 42.3 Å². The summed E-state index contributed by atoms with van der Waals surface area (Å²) in [5.41, 5.74) is 0. The summed E-state index contributed by atoms with van der Waals surface area (Å²) in [5.74, 6) is 0.0462. The van der Waals surface area contributed by atoms with Crippen LogP contribution in [-0.4, -0.2) is 60.9 Å². The molecule has 148 valence electrons. The molecule has 3 N–H and O–H groups in total. The molecule has 0 saturated carbocycles. The fraction of sp³-hybridized carbons (Fsp3) is 0.632. The van der Waals surface area contributed by atoms with Gasteiger partial charge in [0.1, 0.15) is 6.04 Å². The number of thiophene rings is 1. The molecular formula is C19H28N4O3S. The minimum absolute atomic E-state index is 0.0617. The van der Waals surface area contributed by atoms with Crippen molar-refractivity contribution in [2.45, 2.75) is 44.7 Å². The summed E-state index contributed by atoms with van der Waals surface area (Å²) in [5, 5.41) is 10.8. The van der Waals surface area contributed by atoms with E-state index in [1.807, 2.05) is 16.3 Å². The Morgan fingerprint density at radius 2 is 2.19 bits per heavy atom. The van der Waals surface area contributed by atoms with Gasteiger partial charge in [0.2, 0.25) is 11.8 Å². The number of likely N-dealkylation sites (tertiary alicyclic amines) is 1. The van der Waals surface area contributed by atoms with E-state index in [0.717, 1.165) is 32.2 Å². The van der Waals surface area contributed by atoms with E-state index < -0.39 is 6.04 Å². The van der Waals surface area contributed by atoms with E-state index in [1.165, 1.54) is 11.3 Å². The Hall–Kier alpha value is -1.93. The normalized spacial score (nSPS) is 23.7. The summed E-state index contributed by atoms with van der Waals surface area (Å²) in [6.45, 7) is 4.55. The number of carbonyl (C=O) groups is 3. The van der Waals surface area contributed by atoms with Gasteiger partial charge in [0.05, 0.1) is 10.9 Å². The lowest BCUT2D eigenvalue weighted by atomic mass is 9.97. The highest BCUT2D eigenvalue weighted by Gasteiger charge is 2.29. The van der Waals surface area contributed by atoms with E-state index in [0.29, 0.717) is 24.5 Å². The van der Waals surface area contributed by atoms with Crippen LogP contribution in [0.2, 0.25) is 0 Å². The molecule has 3 heterocycles. The van der Waals surface area contributed by atoms with Gasteiger partial charge in [0.15, 0.2) is 0 Å². The van der Waals surface area contributed by atoms with E-state index in [9.17, 15) is 14.4 Å². The molecule has 3 amide bonds. The summed E-state index contributed by atoms with van der Waals surface area (Å²) in [7, 11) is 0. The van der Waals surface area contributed by atoms with Gasteiger partial charge in [0.25, 0.3) is 5.91 Å². The minimum atomic E-state index is -0.560. The smallest absolute Gasteiger partial charge is 0.261 e. The third-order valence-electron chi connectivity index (χ3n) is 5.24. The van der Waals surface area contributed by atoms with Crippen LogP contribution >= 0.6 is 11.3 Å². The van der Waals surface area contributed by atoms with Crippen molar-refractivity contribution in [3.05, 3.63) is 22.4 Å². The first-order valence-electron chi connectivity index (χ1n) is 9.69. The van der Waals surface area contributed by atoms with Crippen molar-refractivity contribution < 1.29 is 14.4 Å². The third kappa shape index (κ3) is 5.29. The second-order valence-electron chi connectivity index (χ2n) is 7.36. The molecule has 3 rings (SSSR count). The lowest BCUT2D eigenvalue weighted by Crippen LogP contribution is -2.51. The number of amides is 3. The van der Waals surface area contributed by atoms with E-state index in [-0.39, 0.29) is 29.7 Å². The molecule has 0 bridgehead atoms. The highest BCUT2D eigenvalue weighted by atomic mass is 32.1. The Labute approximate surface area is 163 Å². The van der Waals surface area contributed by atoms with Crippen LogP contribution in [0.15, 0.2) is 17.5 Å². The Morgan fingerprint density at radius 3 is 2.89 bits per heavy atom. The molecule has 3 unspecified atom stereocenters. The van der Waals surface area contributed by atoms with Gasteiger partial charge in [0, 0.05) is 19.6 Å². The van der Waals surface area contributed by atoms with Crippen molar-refractivity contribution >= 4 is 29.1 Å². The zero-order valence-electron chi connectivity index (χ0n) is 15.7. The molecule has 2 saturated heterocycles. The average Bonchev–Trinajstić information content (AvgIpc) is 3.39. The molecule has 1 aromatic heterocycles. The molecule has 3 atom stereocenters. The molecule has 0 aliphatic carbocycles. The monoisotopic (exact) mass is 392 g/mol. The molecule has 7 nitrogen and oxygen atoms in total. The zero-order valence-corrected chi connectivity index (χ0v) is 16.5. The summed E-state index contributed by atoms with van der Waals surface area (Å²) in [6, 6.07) is 2.93. The summed E-state index contributed by atoms with van der Waals surface area (Å²) in [6.07, 6.45) is 3.85. The predicted molar refractivity (Wildman–Crippen MR) is 105 cm³/mol. The highest BCUT2D eigenvalue weighted by molar-refractivity contribution is 7.12.